The van der Waals surface area contributed by atoms with Crippen molar-refractivity contribution in [3.63, 3.8) is 0 Å². The molecular formula is C33H40N6O4. The summed E-state index contributed by atoms with van der Waals surface area (Å²) in [7, 11) is 0. The average molecular weight is 585 g/mol. The Balaban J connectivity index is 1.15. The van der Waals surface area contributed by atoms with Crippen LogP contribution >= 0.6 is 0 Å². The number of para-hydroxylation sites is 1. The van der Waals surface area contributed by atoms with E-state index in [1.165, 1.54) is 17.5 Å². The molecule has 3 fully saturated rings. The fourth-order valence-corrected chi connectivity index (χ4v) is 6.03. The number of hydrogen-bond donors (Lipinski definition) is 2. The van der Waals surface area contributed by atoms with E-state index in [1.807, 2.05) is 11.0 Å². The lowest BCUT2D eigenvalue weighted by atomic mass is 10.1. The molecule has 1 atom stereocenters. The summed E-state index contributed by atoms with van der Waals surface area (Å²) in [6, 6.07) is 14.1. The number of oxazole rings is 1. The van der Waals surface area contributed by atoms with E-state index in [0.29, 0.717) is 49.0 Å². The molecule has 6 rings (SSSR count). The van der Waals surface area contributed by atoms with Crippen molar-refractivity contribution in [2.75, 3.05) is 54.4 Å². The molecule has 1 unspecified atom stereocenters. The first kappa shape index (κ1) is 28.8. The molecule has 2 N–H and O–H groups in total. The van der Waals surface area contributed by atoms with E-state index in [1.54, 1.807) is 12.1 Å². The minimum absolute atomic E-state index is 0.186. The van der Waals surface area contributed by atoms with Crippen molar-refractivity contribution >= 4 is 34.8 Å². The van der Waals surface area contributed by atoms with Gasteiger partial charge in [-0.25, -0.2) is 4.98 Å². The Hall–Kier alpha value is -4.34. The van der Waals surface area contributed by atoms with Gasteiger partial charge < -0.3 is 29.8 Å². The van der Waals surface area contributed by atoms with Gasteiger partial charge in [0.1, 0.15) is 6.26 Å². The van der Waals surface area contributed by atoms with Crippen LogP contribution in [0, 0.1) is 6.92 Å². The Morgan fingerprint density at radius 2 is 1.72 bits per heavy atom. The van der Waals surface area contributed by atoms with Crippen LogP contribution < -0.4 is 20.4 Å². The van der Waals surface area contributed by atoms with Crippen LogP contribution in [-0.2, 0) is 4.79 Å². The van der Waals surface area contributed by atoms with Crippen molar-refractivity contribution in [2.24, 2.45) is 0 Å². The predicted molar refractivity (Wildman–Crippen MR) is 166 cm³/mol. The second kappa shape index (κ2) is 12.5. The highest BCUT2D eigenvalue weighted by Crippen LogP contribution is 2.39. The maximum absolute atomic E-state index is 13.3. The fraction of sp³-hybridized carbons (Fsp3) is 0.455. The van der Waals surface area contributed by atoms with Crippen LogP contribution in [0.1, 0.15) is 77.2 Å². The number of hydrogen-bond acceptors (Lipinski definition) is 7. The average Bonchev–Trinajstić information content (AvgIpc) is 3.66. The van der Waals surface area contributed by atoms with Crippen LogP contribution in [0.25, 0.3) is 0 Å². The third kappa shape index (κ3) is 6.53. The number of rotatable bonds is 10. The van der Waals surface area contributed by atoms with E-state index < -0.39 is 0 Å². The number of aryl methyl sites for hydroxylation is 1. The molecule has 0 radical (unpaired) electrons. The number of benzene rings is 2. The normalized spacial score (nSPS) is 18.7. The van der Waals surface area contributed by atoms with Crippen molar-refractivity contribution in [3.05, 3.63) is 71.4 Å². The first-order valence-electron chi connectivity index (χ1n) is 15.4. The molecule has 3 heterocycles. The lowest BCUT2D eigenvalue weighted by molar-refractivity contribution is -0.128. The third-order valence-electron chi connectivity index (χ3n) is 8.75. The zero-order valence-corrected chi connectivity index (χ0v) is 25.0. The summed E-state index contributed by atoms with van der Waals surface area (Å²) in [5, 5.41) is 6.00. The SMILES string of the molecule is Cc1ccccc1N1CCN(c2ccc(C(=O)NCCCN3C(=O)CCC3C)cc2NC(=O)c2coc(C3CC3)n2)CC1. The van der Waals surface area contributed by atoms with E-state index in [0.717, 1.165) is 51.1 Å². The fourth-order valence-electron chi connectivity index (χ4n) is 6.03. The standard InChI is InChI=1S/C33H40N6O4/c1-22-6-3-4-7-28(22)37-16-18-38(19-17-37)29-12-11-25(31(41)34-14-5-15-39-23(2)8-13-30(39)40)20-26(29)35-32(42)27-21-43-33(36-27)24-9-10-24/h3-4,6-7,11-12,20-21,23-24H,5,8-10,13-19H2,1-2H3,(H,34,41)(H,35,42). The first-order chi connectivity index (χ1) is 20.9. The molecular weight excluding hydrogens is 544 g/mol. The molecule has 0 bridgehead atoms. The zero-order valence-electron chi connectivity index (χ0n) is 25.0. The Labute approximate surface area is 252 Å². The van der Waals surface area contributed by atoms with Gasteiger partial charge in [-0.1, -0.05) is 18.2 Å². The minimum Gasteiger partial charge on any atom is -0.448 e. The second-order valence-electron chi connectivity index (χ2n) is 11.9. The summed E-state index contributed by atoms with van der Waals surface area (Å²) in [6.45, 7) is 8.51. The molecule has 226 valence electrons. The summed E-state index contributed by atoms with van der Waals surface area (Å²) < 4.78 is 5.55. The molecule has 10 heteroatoms. The number of likely N-dealkylation sites (tertiary alicyclic amines) is 1. The van der Waals surface area contributed by atoms with Crippen molar-refractivity contribution in [2.45, 2.75) is 57.9 Å². The number of carbonyl (C=O) groups is 3. The van der Waals surface area contributed by atoms with Gasteiger partial charge in [0.05, 0.1) is 11.4 Å². The van der Waals surface area contributed by atoms with Crippen molar-refractivity contribution in [1.82, 2.24) is 15.2 Å². The number of amides is 3. The summed E-state index contributed by atoms with van der Waals surface area (Å²) in [6.07, 6.45) is 5.65. The minimum atomic E-state index is -0.364. The van der Waals surface area contributed by atoms with Gasteiger partial charge in [0.2, 0.25) is 5.91 Å². The molecule has 3 amide bonds. The van der Waals surface area contributed by atoms with Crippen LogP contribution in [0.15, 0.2) is 53.1 Å². The molecule has 1 aromatic heterocycles. The first-order valence-corrected chi connectivity index (χ1v) is 15.4. The molecule has 2 aromatic carbocycles. The smallest absolute Gasteiger partial charge is 0.277 e. The summed E-state index contributed by atoms with van der Waals surface area (Å²) in [5.74, 6) is 0.518. The molecule has 1 saturated carbocycles. The molecule has 2 aliphatic heterocycles. The van der Waals surface area contributed by atoms with Gasteiger partial charge in [0.25, 0.3) is 11.8 Å². The molecule has 10 nitrogen and oxygen atoms in total. The van der Waals surface area contributed by atoms with E-state index in [2.05, 4.69) is 63.5 Å². The summed E-state index contributed by atoms with van der Waals surface area (Å²) >= 11 is 0. The number of piperazine rings is 1. The zero-order chi connectivity index (χ0) is 29.9. The predicted octanol–water partition coefficient (Wildman–Crippen LogP) is 4.57. The Morgan fingerprint density at radius 1 is 0.977 bits per heavy atom. The Morgan fingerprint density at radius 3 is 2.42 bits per heavy atom. The highest BCUT2D eigenvalue weighted by atomic mass is 16.3. The molecule has 2 saturated heterocycles. The van der Waals surface area contributed by atoms with Crippen LogP contribution in [0.3, 0.4) is 0 Å². The molecule has 43 heavy (non-hydrogen) atoms. The number of anilines is 3. The maximum Gasteiger partial charge on any atom is 0.277 e. The molecule has 3 aliphatic rings. The highest BCUT2D eigenvalue weighted by Gasteiger charge is 2.30. The van der Waals surface area contributed by atoms with Crippen molar-refractivity contribution < 1.29 is 18.8 Å². The van der Waals surface area contributed by atoms with E-state index in [-0.39, 0.29) is 29.5 Å². The quantitative estimate of drug-likeness (QED) is 0.336. The van der Waals surface area contributed by atoms with Gasteiger partial charge in [-0.15, -0.1) is 0 Å². The van der Waals surface area contributed by atoms with E-state index >= 15 is 0 Å². The van der Waals surface area contributed by atoms with Gasteiger partial charge in [-0.05, 0) is 69.4 Å². The Kier molecular flexibility index (Phi) is 8.35. The molecule has 3 aromatic rings. The Bertz CT molecular complexity index is 1490. The largest absolute Gasteiger partial charge is 0.448 e. The summed E-state index contributed by atoms with van der Waals surface area (Å²) in [5.41, 5.74) is 4.61. The summed E-state index contributed by atoms with van der Waals surface area (Å²) in [4.78, 5) is 49.4. The molecule has 1 aliphatic carbocycles. The van der Waals surface area contributed by atoms with Crippen molar-refractivity contribution in [3.8, 4) is 0 Å². The lowest BCUT2D eigenvalue weighted by Gasteiger charge is -2.38. The van der Waals surface area contributed by atoms with E-state index in [9.17, 15) is 14.4 Å². The number of carbonyl (C=O) groups excluding carboxylic acids is 3. The van der Waals surface area contributed by atoms with Crippen LogP contribution in [0.2, 0.25) is 0 Å². The second-order valence-corrected chi connectivity index (χ2v) is 11.9. The third-order valence-corrected chi connectivity index (χ3v) is 8.75. The van der Waals surface area contributed by atoms with Gasteiger partial charge in [0, 0.05) is 68.9 Å². The van der Waals surface area contributed by atoms with Crippen LogP contribution in [0.4, 0.5) is 17.1 Å². The van der Waals surface area contributed by atoms with Gasteiger partial charge in [-0.3, -0.25) is 14.4 Å². The number of aromatic nitrogens is 1. The highest BCUT2D eigenvalue weighted by molar-refractivity contribution is 6.06. The lowest BCUT2D eigenvalue weighted by Crippen LogP contribution is -2.47. The topological polar surface area (TPSA) is 111 Å². The van der Waals surface area contributed by atoms with E-state index in [4.69, 9.17) is 4.42 Å². The van der Waals surface area contributed by atoms with Gasteiger partial charge in [-0.2, -0.15) is 0 Å². The van der Waals surface area contributed by atoms with Gasteiger partial charge in [0.15, 0.2) is 11.6 Å². The van der Waals surface area contributed by atoms with Gasteiger partial charge >= 0.3 is 0 Å². The van der Waals surface area contributed by atoms with Crippen molar-refractivity contribution in [1.29, 1.82) is 0 Å². The van der Waals surface area contributed by atoms with Crippen LogP contribution in [-0.4, -0.2) is 72.9 Å². The molecule has 0 spiro atoms. The maximum atomic E-state index is 13.3. The monoisotopic (exact) mass is 584 g/mol. The van der Waals surface area contributed by atoms with Crippen LogP contribution in [0.5, 0.6) is 0 Å². The number of nitrogens with zero attached hydrogens (tertiary/aromatic N) is 4. The number of nitrogens with one attached hydrogen (secondary N) is 2.